The zero-order valence-electron chi connectivity index (χ0n) is 13.5. The van der Waals surface area contributed by atoms with Crippen LogP contribution in [0.15, 0.2) is 54.0 Å². The number of amides is 1. The number of hydrogen-bond acceptors (Lipinski definition) is 4. The van der Waals surface area contributed by atoms with Crippen molar-refractivity contribution in [2.45, 2.75) is 13.5 Å². The zero-order chi connectivity index (χ0) is 17.8. The average Bonchev–Trinajstić information content (AvgIpc) is 3.09. The van der Waals surface area contributed by atoms with Crippen molar-refractivity contribution in [2.24, 2.45) is 0 Å². The Morgan fingerprint density at radius 2 is 1.84 bits per heavy atom. The van der Waals surface area contributed by atoms with Gasteiger partial charge in [0, 0.05) is 25.0 Å². The molecule has 0 spiro atoms. The molecule has 0 bridgehead atoms. The first kappa shape index (κ1) is 16.6. The Balaban J connectivity index is 1.82. The molecule has 3 aromatic rings. The lowest BCUT2D eigenvalue weighted by Gasteiger charge is -2.11. The van der Waals surface area contributed by atoms with E-state index < -0.39 is 17.3 Å². The number of nitrogens with zero attached hydrogens (tertiary/aromatic N) is 4. The Bertz CT molecular complexity index is 933. The van der Waals surface area contributed by atoms with Gasteiger partial charge >= 0.3 is 0 Å². The van der Waals surface area contributed by atoms with Gasteiger partial charge in [0.15, 0.2) is 0 Å². The molecule has 1 N–H and O–H groups in total. The lowest BCUT2D eigenvalue weighted by molar-refractivity contribution is 0.0950. The second-order valence-electron chi connectivity index (χ2n) is 5.48. The number of halogens is 1. The van der Waals surface area contributed by atoms with Crippen LogP contribution in [0.4, 0.5) is 4.39 Å². The van der Waals surface area contributed by atoms with Gasteiger partial charge in [-0.3, -0.25) is 14.2 Å². The van der Waals surface area contributed by atoms with Gasteiger partial charge in [-0.25, -0.2) is 4.39 Å². The molecule has 3 rings (SSSR count). The van der Waals surface area contributed by atoms with Gasteiger partial charge in [0.05, 0.1) is 0 Å². The summed E-state index contributed by atoms with van der Waals surface area (Å²) in [7, 11) is 0. The van der Waals surface area contributed by atoms with Gasteiger partial charge in [0.2, 0.25) is 0 Å². The van der Waals surface area contributed by atoms with Gasteiger partial charge in [0.25, 0.3) is 11.5 Å². The molecule has 8 heteroatoms. The van der Waals surface area contributed by atoms with Gasteiger partial charge in [-0.15, -0.1) is 10.2 Å². The smallest absolute Gasteiger partial charge is 0.268 e. The van der Waals surface area contributed by atoms with Crippen LogP contribution in [0, 0.1) is 12.7 Å². The van der Waals surface area contributed by atoms with E-state index in [-0.39, 0.29) is 5.56 Å². The normalized spacial score (nSPS) is 10.6. The van der Waals surface area contributed by atoms with E-state index in [1.54, 1.807) is 36.4 Å². The first-order chi connectivity index (χ1) is 12.1. The highest BCUT2D eigenvalue weighted by atomic mass is 19.1. The third-order valence-corrected chi connectivity index (χ3v) is 3.75. The highest BCUT2D eigenvalue weighted by Gasteiger charge is 2.16. The van der Waals surface area contributed by atoms with E-state index in [2.05, 4.69) is 15.5 Å². The lowest BCUT2D eigenvalue weighted by Crippen LogP contribution is -2.34. The van der Waals surface area contributed by atoms with Crippen molar-refractivity contribution in [1.82, 2.24) is 24.6 Å². The summed E-state index contributed by atoms with van der Waals surface area (Å²) in [5.41, 5.74) is 0.680. The predicted octanol–water partition coefficient (Wildman–Crippen LogP) is 1.31. The Hall–Kier alpha value is -3.29. The molecule has 1 aromatic carbocycles. The second kappa shape index (κ2) is 7.08. The number of nitrogens with one attached hydrogen (secondary N) is 1. The van der Waals surface area contributed by atoms with Crippen LogP contribution in [-0.2, 0) is 6.54 Å². The Morgan fingerprint density at radius 1 is 1.16 bits per heavy atom. The molecule has 0 saturated heterocycles. The predicted molar refractivity (Wildman–Crippen MR) is 89.1 cm³/mol. The van der Waals surface area contributed by atoms with Crippen molar-refractivity contribution in [3.8, 4) is 5.69 Å². The minimum atomic E-state index is -0.452. The SMILES string of the molecule is Cc1ccn(-c2ccc(F)cc2)c(=O)c1C(=O)NCCn1cnnc1. The maximum Gasteiger partial charge on any atom is 0.268 e. The third-order valence-electron chi connectivity index (χ3n) is 3.75. The Morgan fingerprint density at radius 3 is 2.52 bits per heavy atom. The number of aryl methyl sites for hydroxylation is 1. The number of pyridine rings is 1. The van der Waals surface area contributed by atoms with Crippen LogP contribution in [-0.4, -0.2) is 31.8 Å². The molecule has 0 atom stereocenters. The van der Waals surface area contributed by atoms with Crippen LogP contribution in [0.1, 0.15) is 15.9 Å². The molecule has 128 valence electrons. The molecule has 2 heterocycles. The van der Waals surface area contributed by atoms with E-state index >= 15 is 0 Å². The van der Waals surface area contributed by atoms with Crippen molar-refractivity contribution in [1.29, 1.82) is 0 Å². The topological polar surface area (TPSA) is 81.8 Å². The highest BCUT2D eigenvalue weighted by molar-refractivity contribution is 5.95. The monoisotopic (exact) mass is 341 g/mol. The maximum atomic E-state index is 13.1. The highest BCUT2D eigenvalue weighted by Crippen LogP contribution is 2.09. The largest absolute Gasteiger partial charge is 0.350 e. The minimum Gasteiger partial charge on any atom is -0.350 e. The van der Waals surface area contributed by atoms with Crippen molar-refractivity contribution < 1.29 is 9.18 Å². The summed E-state index contributed by atoms with van der Waals surface area (Å²) in [6.45, 7) is 2.53. The van der Waals surface area contributed by atoms with Crippen LogP contribution >= 0.6 is 0 Å². The minimum absolute atomic E-state index is 0.0654. The molecule has 0 aliphatic rings. The second-order valence-corrected chi connectivity index (χ2v) is 5.48. The van der Waals surface area contributed by atoms with Crippen LogP contribution < -0.4 is 10.9 Å². The van der Waals surface area contributed by atoms with E-state index in [1.165, 1.54) is 28.8 Å². The summed E-state index contributed by atoms with van der Waals surface area (Å²) in [6.07, 6.45) is 4.65. The number of carbonyl (C=O) groups excluding carboxylic acids is 1. The molecular weight excluding hydrogens is 325 g/mol. The number of benzene rings is 1. The van der Waals surface area contributed by atoms with E-state index in [4.69, 9.17) is 0 Å². The van der Waals surface area contributed by atoms with Gasteiger partial charge < -0.3 is 9.88 Å². The van der Waals surface area contributed by atoms with Gasteiger partial charge in [-0.1, -0.05) is 0 Å². The molecule has 2 aromatic heterocycles. The quantitative estimate of drug-likeness (QED) is 0.758. The fourth-order valence-electron chi connectivity index (χ4n) is 2.43. The molecule has 0 fully saturated rings. The lowest BCUT2D eigenvalue weighted by atomic mass is 10.1. The molecular formula is C17H16FN5O2. The average molecular weight is 341 g/mol. The van der Waals surface area contributed by atoms with Crippen molar-refractivity contribution in [3.05, 3.63) is 76.5 Å². The first-order valence-corrected chi connectivity index (χ1v) is 7.65. The third kappa shape index (κ3) is 3.63. The van der Waals surface area contributed by atoms with E-state index in [0.717, 1.165) is 0 Å². The standard InChI is InChI=1S/C17H16FN5O2/c1-12-6-8-23(14-4-2-13(18)3-5-14)17(25)15(12)16(24)19-7-9-22-10-20-21-11-22/h2-6,8,10-11H,7,9H2,1H3,(H,19,24). The first-order valence-electron chi connectivity index (χ1n) is 7.65. The van der Waals surface area contributed by atoms with Crippen LogP contribution in [0.5, 0.6) is 0 Å². The molecule has 0 unspecified atom stereocenters. The molecule has 0 radical (unpaired) electrons. The summed E-state index contributed by atoms with van der Waals surface area (Å²) in [5.74, 6) is -0.845. The molecule has 0 saturated carbocycles. The van der Waals surface area contributed by atoms with Gasteiger partial charge in [-0.2, -0.15) is 0 Å². The van der Waals surface area contributed by atoms with E-state index in [9.17, 15) is 14.0 Å². The maximum absolute atomic E-state index is 13.1. The van der Waals surface area contributed by atoms with Crippen LogP contribution in [0.25, 0.3) is 5.69 Å². The zero-order valence-corrected chi connectivity index (χ0v) is 13.5. The summed E-state index contributed by atoms with van der Waals surface area (Å²) in [4.78, 5) is 25.1. The Kier molecular flexibility index (Phi) is 4.69. The van der Waals surface area contributed by atoms with Gasteiger partial charge in [0.1, 0.15) is 24.0 Å². The fraction of sp³-hybridized carbons (Fsp3) is 0.176. The van der Waals surface area contributed by atoms with E-state index in [0.29, 0.717) is 24.3 Å². The van der Waals surface area contributed by atoms with Crippen LogP contribution in [0.3, 0.4) is 0 Å². The van der Waals surface area contributed by atoms with Crippen molar-refractivity contribution >= 4 is 5.91 Å². The number of rotatable bonds is 5. The summed E-state index contributed by atoms with van der Waals surface area (Å²) >= 11 is 0. The van der Waals surface area contributed by atoms with Crippen molar-refractivity contribution in [2.75, 3.05) is 6.54 Å². The van der Waals surface area contributed by atoms with Crippen LogP contribution in [0.2, 0.25) is 0 Å². The molecule has 7 nitrogen and oxygen atoms in total. The van der Waals surface area contributed by atoms with Crippen molar-refractivity contribution in [3.63, 3.8) is 0 Å². The summed E-state index contributed by atoms with van der Waals surface area (Å²) < 4.78 is 16.1. The van der Waals surface area contributed by atoms with E-state index in [1.807, 2.05) is 0 Å². The molecule has 25 heavy (non-hydrogen) atoms. The number of carbonyl (C=O) groups is 1. The molecule has 0 aliphatic heterocycles. The molecule has 1 amide bonds. The number of hydrogen-bond donors (Lipinski definition) is 1. The Labute approximate surface area is 142 Å². The summed E-state index contributed by atoms with van der Waals surface area (Å²) in [6, 6.07) is 7.18. The summed E-state index contributed by atoms with van der Waals surface area (Å²) in [5, 5.41) is 10.1. The fourth-order valence-corrected chi connectivity index (χ4v) is 2.43. The molecule has 0 aliphatic carbocycles. The van der Waals surface area contributed by atoms with Gasteiger partial charge in [-0.05, 0) is 42.8 Å². The number of aromatic nitrogens is 4.